The van der Waals surface area contributed by atoms with Gasteiger partial charge in [0.05, 0.1) is 16.9 Å². The van der Waals surface area contributed by atoms with Gasteiger partial charge in [-0.1, -0.05) is 12.1 Å². The van der Waals surface area contributed by atoms with Crippen molar-refractivity contribution in [3.63, 3.8) is 0 Å². The number of nitrogens with zero attached hydrogens (tertiary/aromatic N) is 1. The van der Waals surface area contributed by atoms with E-state index in [-0.39, 0.29) is 29.9 Å². The zero-order valence-electron chi connectivity index (χ0n) is 15.7. The molecule has 11 heteroatoms. The number of esters is 1. The van der Waals surface area contributed by atoms with Crippen molar-refractivity contribution in [3.05, 3.63) is 69.8 Å². The lowest BCUT2D eigenvalue weighted by molar-refractivity contribution is -0.383. The zero-order valence-corrected chi connectivity index (χ0v) is 15.7. The minimum atomic E-state index is -1.26. The normalized spacial score (nSPS) is 11.3. The third kappa shape index (κ3) is 6.06. The number of anilines is 1. The van der Waals surface area contributed by atoms with Crippen molar-refractivity contribution >= 4 is 29.2 Å². The maximum absolute atomic E-state index is 13.5. The quantitative estimate of drug-likeness (QED) is 0.383. The molecule has 0 aliphatic rings. The first-order valence-electron chi connectivity index (χ1n) is 8.66. The van der Waals surface area contributed by atoms with E-state index in [9.17, 15) is 33.3 Å². The number of hydrogen-bond acceptors (Lipinski definition) is 6. The number of nitro groups is 1. The average molecular weight is 421 g/mol. The van der Waals surface area contributed by atoms with Gasteiger partial charge in [-0.3, -0.25) is 24.5 Å². The van der Waals surface area contributed by atoms with Crippen LogP contribution in [-0.4, -0.2) is 35.4 Å². The molecule has 158 valence electrons. The molecule has 0 fully saturated rings. The summed E-state index contributed by atoms with van der Waals surface area (Å²) < 4.78 is 31.3. The van der Waals surface area contributed by atoms with Crippen LogP contribution in [0.3, 0.4) is 0 Å². The fraction of sp³-hybridized carbons (Fsp3) is 0.211. The third-order valence-corrected chi connectivity index (χ3v) is 3.83. The first-order valence-corrected chi connectivity index (χ1v) is 8.66. The van der Waals surface area contributed by atoms with Gasteiger partial charge in [0.15, 0.2) is 6.10 Å². The highest BCUT2D eigenvalue weighted by Crippen LogP contribution is 2.23. The number of carbonyl (C=O) groups is 3. The van der Waals surface area contributed by atoms with Gasteiger partial charge in [-0.15, -0.1) is 0 Å². The molecule has 0 radical (unpaired) electrons. The van der Waals surface area contributed by atoms with Crippen LogP contribution in [0.25, 0.3) is 0 Å². The summed E-state index contributed by atoms with van der Waals surface area (Å²) in [7, 11) is 0. The number of nitro benzene ring substituents is 1. The summed E-state index contributed by atoms with van der Waals surface area (Å²) in [5.74, 6) is -4.34. The lowest BCUT2D eigenvalue weighted by Crippen LogP contribution is -2.32. The average Bonchev–Trinajstić information content (AvgIpc) is 2.67. The molecule has 0 saturated heterocycles. The lowest BCUT2D eigenvalue weighted by atomic mass is 10.2. The molecule has 0 aromatic heterocycles. The van der Waals surface area contributed by atoms with Crippen molar-refractivity contribution in [2.24, 2.45) is 0 Å². The van der Waals surface area contributed by atoms with Crippen LogP contribution in [0.1, 0.15) is 23.7 Å². The number of carbonyl (C=O) groups excluding carboxylic acids is 3. The number of para-hydroxylation sites is 2. The Labute approximate surface area is 169 Å². The molecule has 2 N–H and O–H groups in total. The highest BCUT2D eigenvalue weighted by atomic mass is 19.1. The SMILES string of the molecule is CC(OC(=O)CCNC(=O)c1ccc(F)cc1F)C(=O)Nc1ccccc1[N+](=O)[O-]. The van der Waals surface area contributed by atoms with E-state index in [1.807, 2.05) is 0 Å². The Kier molecular flexibility index (Phi) is 7.50. The maximum atomic E-state index is 13.5. The molecular weight excluding hydrogens is 404 g/mol. The van der Waals surface area contributed by atoms with Crippen molar-refractivity contribution in [3.8, 4) is 0 Å². The number of hydrogen-bond donors (Lipinski definition) is 2. The van der Waals surface area contributed by atoms with E-state index in [4.69, 9.17) is 4.74 Å². The van der Waals surface area contributed by atoms with Crippen LogP contribution >= 0.6 is 0 Å². The summed E-state index contributed by atoms with van der Waals surface area (Å²) in [6.07, 6.45) is -1.58. The van der Waals surface area contributed by atoms with Crippen LogP contribution in [0, 0.1) is 21.7 Å². The molecule has 2 amide bonds. The zero-order chi connectivity index (χ0) is 22.3. The summed E-state index contributed by atoms with van der Waals surface area (Å²) in [4.78, 5) is 46.1. The molecule has 2 aromatic rings. The lowest BCUT2D eigenvalue weighted by Gasteiger charge is -2.14. The van der Waals surface area contributed by atoms with E-state index in [2.05, 4.69) is 10.6 Å². The second-order valence-corrected chi connectivity index (χ2v) is 6.03. The van der Waals surface area contributed by atoms with Crippen LogP contribution in [0.15, 0.2) is 42.5 Å². The topological polar surface area (TPSA) is 128 Å². The smallest absolute Gasteiger partial charge is 0.308 e. The maximum Gasteiger partial charge on any atom is 0.308 e. The van der Waals surface area contributed by atoms with Gasteiger partial charge < -0.3 is 15.4 Å². The fourth-order valence-corrected chi connectivity index (χ4v) is 2.33. The number of benzene rings is 2. The van der Waals surface area contributed by atoms with Gasteiger partial charge in [0.2, 0.25) is 0 Å². The summed E-state index contributed by atoms with van der Waals surface area (Å²) in [5.41, 5.74) is -0.758. The number of nitrogens with one attached hydrogen (secondary N) is 2. The monoisotopic (exact) mass is 421 g/mol. The number of amides is 2. The second kappa shape index (κ2) is 10.0. The standard InChI is InChI=1S/C19H17F2N3O6/c1-11(18(26)23-15-4-2-3-5-16(15)24(28)29)30-17(25)8-9-22-19(27)13-7-6-12(20)10-14(13)21/h2-7,10-11H,8-9H2,1H3,(H,22,27)(H,23,26). The van der Waals surface area contributed by atoms with Crippen molar-refractivity contribution in [1.82, 2.24) is 5.32 Å². The predicted octanol–water partition coefficient (Wildman–Crippen LogP) is 2.56. The van der Waals surface area contributed by atoms with Crippen molar-refractivity contribution in [1.29, 1.82) is 0 Å². The minimum Gasteiger partial charge on any atom is -0.452 e. The number of halogens is 2. The van der Waals surface area contributed by atoms with Gasteiger partial charge in [0.25, 0.3) is 17.5 Å². The first-order chi connectivity index (χ1) is 14.2. The van der Waals surface area contributed by atoms with E-state index in [1.54, 1.807) is 0 Å². The molecule has 0 bridgehead atoms. The van der Waals surface area contributed by atoms with Crippen LogP contribution in [-0.2, 0) is 14.3 Å². The summed E-state index contributed by atoms with van der Waals surface area (Å²) in [5, 5.41) is 15.5. The van der Waals surface area contributed by atoms with Gasteiger partial charge in [-0.25, -0.2) is 8.78 Å². The van der Waals surface area contributed by atoms with E-state index in [0.29, 0.717) is 6.07 Å². The molecular formula is C19H17F2N3O6. The van der Waals surface area contributed by atoms with Gasteiger partial charge in [0.1, 0.15) is 17.3 Å². The third-order valence-electron chi connectivity index (χ3n) is 3.83. The van der Waals surface area contributed by atoms with Gasteiger partial charge in [0, 0.05) is 18.7 Å². The molecule has 30 heavy (non-hydrogen) atoms. The van der Waals surface area contributed by atoms with E-state index >= 15 is 0 Å². The summed E-state index contributed by atoms with van der Waals surface area (Å²) in [6, 6.07) is 7.90. The Bertz CT molecular complexity index is 982. The highest BCUT2D eigenvalue weighted by molar-refractivity contribution is 5.97. The molecule has 0 aliphatic carbocycles. The highest BCUT2D eigenvalue weighted by Gasteiger charge is 2.21. The molecule has 9 nitrogen and oxygen atoms in total. The number of ether oxygens (including phenoxy) is 1. The molecule has 0 spiro atoms. The minimum absolute atomic E-state index is 0.0519. The van der Waals surface area contributed by atoms with Crippen LogP contribution in [0.5, 0.6) is 0 Å². The van der Waals surface area contributed by atoms with Crippen LogP contribution in [0.2, 0.25) is 0 Å². The van der Waals surface area contributed by atoms with E-state index < -0.39 is 40.4 Å². The molecule has 2 aromatic carbocycles. The van der Waals surface area contributed by atoms with Gasteiger partial charge in [-0.05, 0) is 25.1 Å². The Morgan fingerprint density at radius 1 is 1.17 bits per heavy atom. The van der Waals surface area contributed by atoms with Crippen molar-refractivity contribution in [2.45, 2.75) is 19.4 Å². The Morgan fingerprint density at radius 3 is 2.53 bits per heavy atom. The predicted molar refractivity (Wildman–Crippen MR) is 101 cm³/mol. The Hall–Kier alpha value is -3.89. The summed E-state index contributed by atoms with van der Waals surface area (Å²) in [6.45, 7) is 1.06. The Balaban J connectivity index is 1.82. The number of rotatable bonds is 8. The Morgan fingerprint density at radius 2 is 1.87 bits per heavy atom. The summed E-state index contributed by atoms with van der Waals surface area (Å²) >= 11 is 0. The van der Waals surface area contributed by atoms with Gasteiger partial charge >= 0.3 is 5.97 Å². The molecule has 0 heterocycles. The molecule has 1 atom stereocenters. The van der Waals surface area contributed by atoms with Crippen LogP contribution in [0.4, 0.5) is 20.2 Å². The van der Waals surface area contributed by atoms with Crippen molar-refractivity contribution in [2.75, 3.05) is 11.9 Å². The fourth-order valence-electron chi connectivity index (χ4n) is 2.33. The first kappa shape index (κ1) is 22.4. The van der Waals surface area contributed by atoms with E-state index in [1.165, 1.54) is 31.2 Å². The van der Waals surface area contributed by atoms with Crippen LogP contribution < -0.4 is 10.6 Å². The molecule has 0 aliphatic heterocycles. The second-order valence-electron chi connectivity index (χ2n) is 6.03. The van der Waals surface area contributed by atoms with Gasteiger partial charge in [-0.2, -0.15) is 0 Å². The largest absolute Gasteiger partial charge is 0.452 e. The van der Waals surface area contributed by atoms with E-state index in [0.717, 1.165) is 12.1 Å². The molecule has 0 saturated carbocycles. The molecule has 2 rings (SSSR count). The molecule has 1 unspecified atom stereocenters. The van der Waals surface area contributed by atoms with Crippen molar-refractivity contribution < 1.29 is 32.8 Å².